The highest BCUT2D eigenvalue weighted by Crippen LogP contribution is 2.21. The van der Waals surface area contributed by atoms with Crippen LogP contribution in [0.3, 0.4) is 0 Å². The van der Waals surface area contributed by atoms with Crippen molar-refractivity contribution in [1.82, 2.24) is 0 Å². The van der Waals surface area contributed by atoms with Crippen LogP contribution in [0.2, 0.25) is 0 Å². The molecule has 88 valence electrons. The number of rotatable bonds is 3. The average Bonchev–Trinajstić information content (AvgIpc) is 2.14. The third kappa shape index (κ3) is 3.46. The van der Waals surface area contributed by atoms with Gasteiger partial charge in [-0.05, 0) is 23.6 Å². The van der Waals surface area contributed by atoms with E-state index < -0.39 is 5.97 Å². The van der Waals surface area contributed by atoms with E-state index in [1.54, 1.807) is 12.1 Å². The summed E-state index contributed by atoms with van der Waals surface area (Å²) in [6.45, 7) is 6.95. The van der Waals surface area contributed by atoms with E-state index in [0.717, 1.165) is 0 Å². The lowest BCUT2D eigenvalue weighted by atomic mass is 9.96. The number of nitrogens with one attached hydrogen (secondary N) is 1. The third-order valence-electron chi connectivity index (χ3n) is 2.08. The van der Waals surface area contributed by atoms with Crippen LogP contribution >= 0.6 is 0 Å². The van der Waals surface area contributed by atoms with E-state index in [1.165, 1.54) is 6.07 Å². The Morgan fingerprint density at radius 3 is 2.56 bits per heavy atom. The summed E-state index contributed by atoms with van der Waals surface area (Å²) in [6.07, 6.45) is 0. The summed E-state index contributed by atoms with van der Waals surface area (Å²) in [6, 6.07) is 4.86. The largest absolute Gasteiger partial charge is 0.478 e. The van der Waals surface area contributed by atoms with Crippen molar-refractivity contribution in [2.24, 2.45) is 5.41 Å². The van der Waals surface area contributed by atoms with Crippen molar-refractivity contribution in [2.45, 2.75) is 20.8 Å². The fourth-order valence-electron chi connectivity index (χ4n) is 1.25. The first-order valence-electron chi connectivity index (χ1n) is 5.16. The summed E-state index contributed by atoms with van der Waals surface area (Å²) in [5.41, 5.74) is 6.93. The van der Waals surface area contributed by atoms with E-state index in [4.69, 9.17) is 10.8 Å². The Bertz CT molecular complexity index is 394. The predicted molar refractivity (Wildman–Crippen MR) is 65.8 cm³/mol. The highest BCUT2D eigenvalue weighted by atomic mass is 16.4. The van der Waals surface area contributed by atoms with Gasteiger partial charge in [0.05, 0.1) is 5.56 Å². The SMILES string of the molecule is CC(C)(C)CNc1ccc(N)cc1C(=O)O. The zero-order valence-electron chi connectivity index (χ0n) is 9.87. The number of anilines is 2. The number of carboxylic acids is 1. The van der Waals surface area contributed by atoms with Crippen LogP contribution in [-0.2, 0) is 0 Å². The molecule has 0 fully saturated rings. The Balaban J connectivity index is 2.91. The summed E-state index contributed by atoms with van der Waals surface area (Å²) in [5, 5.41) is 12.1. The molecule has 4 heteroatoms. The minimum Gasteiger partial charge on any atom is -0.478 e. The van der Waals surface area contributed by atoms with Crippen molar-refractivity contribution < 1.29 is 9.90 Å². The zero-order valence-corrected chi connectivity index (χ0v) is 9.87. The van der Waals surface area contributed by atoms with Crippen LogP contribution in [0.25, 0.3) is 0 Å². The molecule has 4 nitrogen and oxygen atoms in total. The smallest absolute Gasteiger partial charge is 0.337 e. The van der Waals surface area contributed by atoms with Crippen LogP contribution in [0.15, 0.2) is 18.2 Å². The number of hydrogen-bond donors (Lipinski definition) is 3. The molecule has 0 bridgehead atoms. The third-order valence-corrected chi connectivity index (χ3v) is 2.08. The van der Waals surface area contributed by atoms with Crippen molar-refractivity contribution in [3.05, 3.63) is 23.8 Å². The highest BCUT2D eigenvalue weighted by molar-refractivity contribution is 5.95. The second-order valence-corrected chi connectivity index (χ2v) is 5.02. The topological polar surface area (TPSA) is 75.3 Å². The van der Waals surface area contributed by atoms with Crippen LogP contribution in [0, 0.1) is 5.41 Å². The van der Waals surface area contributed by atoms with Crippen LogP contribution in [0.1, 0.15) is 31.1 Å². The summed E-state index contributed by atoms with van der Waals surface area (Å²) in [5.74, 6) is -0.969. The number of nitrogens with two attached hydrogens (primary N) is 1. The maximum Gasteiger partial charge on any atom is 0.337 e. The Morgan fingerprint density at radius 2 is 2.06 bits per heavy atom. The van der Waals surface area contributed by atoms with Crippen molar-refractivity contribution >= 4 is 17.3 Å². The summed E-state index contributed by atoms with van der Waals surface area (Å²) in [4.78, 5) is 11.0. The molecule has 0 aliphatic rings. The number of nitrogen functional groups attached to an aromatic ring is 1. The van der Waals surface area contributed by atoms with Crippen molar-refractivity contribution in [3.63, 3.8) is 0 Å². The predicted octanol–water partition coefficient (Wildman–Crippen LogP) is 2.42. The monoisotopic (exact) mass is 222 g/mol. The van der Waals surface area contributed by atoms with Crippen molar-refractivity contribution in [2.75, 3.05) is 17.6 Å². The molecule has 0 amide bonds. The van der Waals surface area contributed by atoms with Gasteiger partial charge in [0.15, 0.2) is 0 Å². The molecule has 0 saturated heterocycles. The standard InChI is InChI=1S/C12H18N2O2/c1-12(2,3)7-14-10-5-4-8(13)6-9(10)11(15)16/h4-6,14H,7,13H2,1-3H3,(H,15,16). The van der Waals surface area contributed by atoms with Gasteiger partial charge in [-0.15, -0.1) is 0 Å². The highest BCUT2D eigenvalue weighted by Gasteiger charge is 2.14. The minimum atomic E-state index is -0.969. The van der Waals surface area contributed by atoms with Gasteiger partial charge in [0.25, 0.3) is 0 Å². The number of benzene rings is 1. The molecule has 1 rings (SSSR count). The lowest BCUT2D eigenvalue weighted by molar-refractivity contribution is 0.0698. The number of carboxylic acid groups (broad SMARTS) is 1. The zero-order chi connectivity index (χ0) is 12.3. The second-order valence-electron chi connectivity index (χ2n) is 5.02. The van der Waals surface area contributed by atoms with Gasteiger partial charge in [0.2, 0.25) is 0 Å². The lowest BCUT2D eigenvalue weighted by Crippen LogP contribution is -2.20. The Kier molecular flexibility index (Phi) is 3.42. The number of carbonyl (C=O) groups is 1. The van der Waals surface area contributed by atoms with E-state index in [-0.39, 0.29) is 11.0 Å². The first-order chi connectivity index (χ1) is 7.29. The van der Waals surface area contributed by atoms with E-state index in [0.29, 0.717) is 17.9 Å². The molecule has 0 radical (unpaired) electrons. The summed E-state index contributed by atoms with van der Waals surface area (Å²) >= 11 is 0. The Labute approximate surface area is 95.5 Å². The fourth-order valence-corrected chi connectivity index (χ4v) is 1.25. The second kappa shape index (κ2) is 4.43. The van der Waals surface area contributed by atoms with Gasteiger partial charge in [-0.2, -0.15) is 0 Å². The Morgan fingerprint density at radius 1 is 1.44 bits per heavy atom. The maximum atomic E-state index is 11.0. The van der Waals surface area contributed by atoms with Gasteiger partial charge in [-0.1, -0.05) is 20.8 Å². The minimum absolute atomic E-state index is 0.0944. The van der Waals surface area contributed by atoms with Gasteiger partial charge in [0.1, 0.15) is 0 Å². The van der Waals surface area contributed by atoms with Crippen LogP contribution in [-0.4, -0.2) is 17.6 Å². The quantitative estimate of drug-likeness (QED) is 0.686. The van der Waals surface area contributed by atoms with Crippen LogP contribution < -0.4 is 11.1 Å². The molecule has 0 unspecified atom stereocenters. The van der Waals surface area contributed by atoms with Crippen molar-refractivity contribution in [1.29, 1.82) is 0 Å². The van der Waals surface area contributed by atoms with Crippen molar-refractivity contribution in [3.8, 4) is 0 Å². The first kappa shape index (κ1) is 12.4. The number of hydrogen-bond acceptors (Lipinski definition) is 3. The first-order valence-corrected chi connectivity index (χ1v) is 5.16. The molecule has 0 spiro atoms. The van der Waals surface area contributed by atoms with E-state index in [2.05, 4.69) is 26.1 Å². The number of aromatic carboxylic acids is 1. The maximum absolute atomic E-state index is 11.0. The summed E-state index contributed by atoms with van der Waals surface area (Å²) < 4.78 is 0. The molecular weight excluding hydrogens is 204 g/mol. The molecule has 0 heterocycles. The van der Waals surface area contributed by atoms with Gasteiger partial charge < -0.3 is 16.2 Å². The molecule has 4 N–H and O–H groups in total. The molecule has 0 aliphatic heterocycles. The summed E-state index contributed by atoms with van der Waals surface area (Å²) in [7, 11) is 0. The molecule has 1 aromatic rings. The van der Waals surface area contributed by atoms with Gasteiger partial charge >= 0.3 is 5.97 Å². The van der Waals surface area contributed by atoms with Crippen LogP contribution in [0.5, 0.6) is 0 Å². The molecule has 1 aromatic carbocycles. The van der Waals surface area contributed by atoms with Gasteiger partial charge in [-0.3, -0.25) is 0 Å². The molecule has 0 saturated carbocycles. The normalized spacial score (nSPS) is 11.2. The molecule has 0 aliphatic carbocycles. The van der Waals surface area contributed by atoms with E-state index in [9.17, 15) is 4.79 Å². The van der Waals surface area contributed by atoms with Crippen LogP contribution in [0.4, 0.5) is 11.4 Å². The molecular formula is C12H18N2O2. The Hall–Kier alpha value is -1.71. The average molecular weight is 222 g/mol. The van der Waals surface area contributed by atoms with E-state index in [1.807, 2.05) is 0 Å². The lowest BCUT2D eigenvalue weighted by Gasteiger charge is -2.20. The fraction of sp³-hybridized carbons (Fsp3) is 0.417. The molecule has 0 aromatic heterocycles. The van der Waals surface area contributed by atoms with E-state index >= 15 is 0 Å². The van der Waals surface area contributed by atoms with Gasteiger partial charge in [0, 0.05) is 17.9 Å². The molecule has 16 heavy (non-hydrogen) atoms. The molecule has 0 atom stereocenters. The van der Waals surface area contributed by atoms with Gasteiger partial charge in [-0.25, -0.2) is 4.79 Å².